The van der Waals surface area contributed by atoms with E-state index in [4.69, 9.17) is 0 Å². The van der Waals surface area contributed by atoms with Gasteiger partial charge < -0.3 is 9.47 Å². The quantitative estimate of drug-likeness (QED) is 0.570. The van der Waals surface area contributed by atoms with E-state index in [1.54, 1.807) is 0 Å². The van der Waals surface area contributed by atoms with E-state index in [0.717, 1.165) is 0 Å². The molecule has 0 atom stereocenters. The van der Waals surface area contributed by atoms with Gasteiger partial charge in [0.1, 0.15) is 5.60 Å². The lowest BCUT2D eigenvalue weighted by Gasteiger charge is -2.18. The largest absolute Gasteiger partial charge is 0.461 e. The highest BCUT2D eigenvalue weighted by Crippen LogP contribution is 2.19. The van der Waals surface area contributed by atoms with E-state index in [-0.39, 0.29) is 6.61 Å². The summed E-state index contributed by atoms with van der Waals surface area (Å²) in [7, 11) is 0. The first-order valence-corrected chi connectivity index (χ1v) is 5.03. The molecule has 5 nitrogen and oxygen atoms in total. The van der Waals surface area contributed by atoms with Crippen LogP contribution in [0.5, 0.6) is 0 Å². The molecule has 1 amide bonds. The predicted octanol–water partition coefficient (Wildman–Crippen LogP) is 2.49. The number of carbonyl (C=O) groups excluding carboxylic acids is 2. The molecule has 104 valence electrons. The summed E-state index contributed by atoms with van der Waals surface area (Å²) >= 11 is 0. The van der Waals surface area contributed by atoms with Gasteiger partial charge in [-0.15, -0.1) is 0 Å². The van der Waals surface area contributed by atoms with Crippen molar-refractivity contribution >= 4 is 17.8 Å². The highest BCUT2D eigenvalue weighted by Gasteiger charge is 2.43. The summed E-state index contributed by atoms with van der Waals surface area (Å²) in [4.78, 5) is 24.7. The van der Waals surface area contributed by atoms with Crippen LogP contribution < -0.4 is 0 Å². The van der Waals surface area contributed by atoms with Gasteiger partial charge in [-0.05, 0) is 27.7 Å². The molecule has 0 saturated carbocycles. The zero-order valence-corrected chi connectivity index (χ0v) is 10.4. The minimum absolute atomic E-state index is 0.262. The summed E-state index contributed by atoms with van der Waals surface area (Å²) in [6.07, 6.45) is -6.58. The van der Waals surface area contributed by atoms with Crippen molar-refractivity contribution in [2.75, 3.05) is 6.61 Å². The molecule has 0 N–H and O–H groups in total. The number of rotatable bonds is 2. The highest BCUT2D eigenvalue weighted by molar-refractivity contribution is 6.40. The minimum atomic E-state index is -5.08. The number of ether oxygens (including phenoxy) is 2. The molecule has 0 spiro atoms. The number of amides is 1. The van der Waals surface area contributed by atoms with Crippen molar-refractivity contribution in [3.63, 3.8) is 0 Å². The van der Waals surface area contributed by atoms with E-state index in [2.05, 4.69) is 14.5 Å². The van der Waals surface area contributed by atoms with Crippen LogP contribution in [0.2, 0.25) is 0 Å². The number of carbonyl (C=O) groups is 2. The Morgan fingerprint density at radius 1 is 1.17 bits per heavy atom. The summed E-state index contributed by atoms with van der Waals surface area (Å²) in [5.74, 6) is -1.71. The highest BCUT2D eigenvalue weighted by atomic mass is 19.4. The van der Waals surface area contributed by atoms with Crippen LogP contribution >= 0.6 is 0 Å². The average molecular weight is 269 g/mol. The maximum Gasteiger partial charge on any atom is 0.440 e. The lowest BCUT2D eigenvalue weighted by atomic mass is 10.2. The number of halogens is 3. The van der Waals surface area contributed by atoms with Crippen LogP contribution in [-0.2, 0) is 14.3 Å². The first kappa shape index (κ1) is 16.4. The number of nitrogens with zero attached hydrogens (tertiary/aromatic N) is 1. The Kier molecular flexibility index (Phi) is 5.31. The fourth-order valence-corrected chi connectivity index (χ4v) is 0.800. The second-order valence-corrected chi connectivity index (χ2v) is 4.16. The summed E-state index contributed by atoms with van der Waals surface area (Å²) < 4.78 is 46.1. The van der Waals surface area contributed by atoms with E-state index in [0.29, 0.717) is 0 Å². The number of hydrogen-bond acceptors (Lipinski definition) is 4. The van der Waals surface area contributed by atoms with Crippen LogP contribution in [0, 0.1) is 0 Å². The normalized spacial score (nSPS) is 13.2. The van der Waals surface area contributed by atoms with Crippen molar-refractivity contribution in [3.05, 3.63) is 0 Å². The molecule has 0 heterocycles. The molecular formula is C10H14F3NO4. The lowest BCUT2D eigenvalue weighted by Crippen LogP contribution is -2.34. The predicted molar refractivity (Wildman–Crippen MR) is 56.4 cm³/mol. The van der Waals surface area contributed by atoms with Gasteiger partial charge in [0.15, 0.2) is 0 Å². The molecule has 18 heavy (non-hydrogen) atoms. The summed E-state index contributed by atoms with van der Waals surface area (Å²) in [6.45, 7) is 5.44. The summed E-state index contributed by atoms with van der Waals surface area (Å²) in [6, 6.07) is 0. The Morgan fingerprint density at radius 2 is 1.67 bits per heavy atom. The molecule has 0 unspecified atom stereocenters. The molecule has 0 aromatic heterocycles. The number of hydrogen-bond donors (Lipinski definition) is 0. The molecule has 0 aromatic carbocycles. The number of aliphatic imine (C=N–C) groups is 1. The van der Waals surface area contributed by atoms with Crippen molar-refractivity contribution in [2.45, 2.75) is 39.5 Å². The SMILES string of the molecule is CCOC(=O)/C(=N/C(=O)OC(C)(C)C)C(F)(F)F. The van der Waals surface area contributed by atoms with Gasteiger partial charge in [-0.2, -0.15) is 18.2 Å². The van der Waals surface area contributed by atoms with Crippen LogP contribution in [0.15, 0.2) is 4.99 Å². The monoisotopic (exact) mass is 269 g/mol. The zero-order valence-electron chi connectivity index (χ0n) is 10.4. The Morgan fingerprint density at radius 3 is 2.00 bits per heavy atom. The molecule has 0 rings (SSSR count). The average Bonchev–Trinajstić information content (AvgIpc) is 2.09. The van der Waals surface area contributed by atoms with E-state index < -0.39 is 29.6 Å². The van der Waals surface area contributed by atoms with Gasteiger partial charge in [0.2, 0.25) is 5.71 Å². The summed E-state index contributed by atoms with van der Waals surface area (Å²) in [5, 5.41) is 0. The Labute approximate surface area is 102 Å². The van der Waals surface area contributed by atoms with Gasteiger partial charge in [-0.3, -0.25) is 0 Å². The van der Waals surface area contributed by atoms with Gasteiger partial charge in [0, 0.05) is 0 Å². The van der Waals surface area contributed by atoms with Crippen molar-refractivity contribution in [2.24, 2.45) is 4.99 Å². The molecule has 0 aliphatic carbocycles. The van der Waals surface area contributed by atoms with Gasteiger partial charge in [0.25, 0.3) is 0 Å². The number of esters is 1. The molecular weight excluding hydrogens is 255 g/mol. The van der Waals surface area contributed by atoms with E-state index in [1.165, 1.54) is 27.7 Å². The maximum absolute atomic E-state index is 12.4. The molecule has 0 bridgehead atoms. The molecule has 0 aliphatic heterocycles. The smallest absolute Gasteiger partial charge is 0.440 e. The molecule has 0 radical (unpaired) electrons. The van der Waals surface area contributed by atoms with Crippen LogP contribution in [0.1, 0.15) is 27.7 Å². The second kappa shape index (κ2) is 5.83. The Bertz CT molecular complexity index is 355. The second-order valence-electron chi connectivity index (χ2n) is 4.16. The molecule has 0 aliphatic rings. The third-order valence-corrected chi connectivity index (χ3v) is 1.33. The van der Waals surface area contributed by atoms with Gasteiger partial charge in [-0.1, -0.05) is 0 Å². The van der Waals surface area contributed by atoms with E-state index >= 15 is 0 Å². The molecule has 0 aromatic rings. The maximum atomic E-state index is 12.4. The first-order valence-electron chi connectivity index (χ1n) is 5.03. The van der Waals surface area contributed by atoms with Crippen molar-refractivity contribution in [1.82, 2.24) is 0 Å². The molecule has 0 fully saturated rings. The van der Waals surface area contributed by atoms with E-state index in [9.17, 15) is 22.8 Å². The van der Waals surface area contributed by atoms with Crippen molar-refractivity contribution < 1.29 is 32.2 Å². The van der Waals surface area contributed by atoms with Gasteiger partial charge in [0.05, 0.1) is 6.61 Å². The van der Waals surface area contributed by atoms with Crippen LogP contribution in [0.3, 0.4) is 0 Å². The van der Waals surface area contributed by atoms with Crippen LogP contribution in [0.4, 0.5) is 18.0 Å². The Balaban J connectivity index is 5.10. The minimum Gasteiger partial charge on any atom is -0.461 e. The Hall–Kier alpha value is -1.60. The third kappa shape index (κ3) is 6.21. The lowest BCUT2D eigenvalue weighted by molar-refractivity contribution is -0.139. The van der Waals surface area contributed by atoms with Crippen molar-refractivity contribution in [3.8, 4) is 0 Å². The van der Waals surface area contributed by atoms with Gasteiger partial charge in [-0.25, -0.2) is 9.59 Å². The van der Waals surface area contributed by atoms with Crippen molar-refractivity contribution in [1.29, 1.82) is 0 Å². The fourth-order valence-electron chi connectivity index (χ4n) is 0.800. The van der Waals surface area contributed by atoms with Crippen LogP contribution in [0.25, 0.3) is 0 Å². The topological polar surface area (TPSA) is 65.0 Å². The number of alkyl halides is 3. The first-order chi connectivity index (χ1) is 7.97. The van der Waals surface area contributed by atoms with E-state index in [1.807, 2.05) is 0 Å². The fraction of sp³-hybridized carbons (Fsp3) is 0.700. The molecule has 8 heteroatoms. The van der Waals surface area contributed by atoms with Gasteiger partial charge >= 0.3 is 18.2 Å². The molecule has 0 saturated heterocycles. The summed E-state index contributed by atoms with van der Waals surface area (Å²) in [5.41, 5.74) is -2.94. The zero-order chi connectivity index (χ0) is 14.6. The van der Waals surface area contributed by atoms with Crippen LogP contribution in [-0.4, -0.2) is 36.2 Å². The third-order valence-electron chi connectivity index (χ3n) is 1.33. The standard InChI is InChI=1S/C10H14F3NO4/c1-5-17-7(15)6(10(11,12)13)14-8(16)18-9(2,3)4/h5H2,1-4H3/b14-6-.